The van der Waals surface area contributed by atoms with Crippen molar-refractivity contribution in [2.45, 2.75) is 44.8 Å². The number of hydrogen-bond donors (Lipinski definition) is 1. The number of hydrogen-bond acceptors (Lipinski definition) is 3. The van der Waals surface area contributed by atoms with Crippen molar-refractivity contribution in [2.24, 2.45) is 9.81 Å². The second kappa shape index (κ2) is 6.29. The molecule has 136 valence electrons. The Labute approximate surface area is 150 Å². The Bertz CT molecular complexity index is 722. The average Bonchev–Trinajstić information content (AvgIpc) is 2.82. The Balaban J connectivity index is 2.02. The third kappa shape index (κ3) is 3.27. The molecule has 1 aliphatic carbocycles. The first-order chi connectivity index (χ1) is 11.6. The van der Waals surface area contributed by atoms with Crippen LogP contribution in [0.5, 0.6) is 0 Å². The van der Waals surface area contributed by atoms with Crippen molar-refractivity contribution in [1.29, 1.82) is 0 Å². The van der Waals surface area contributed by atoms with Gasteiger partial charge in [-0.2, -0.15) is 0 Å². The van der Waals surface area contributed by atoms with Crippen molar-refractivity contribution in [3.05, 3.63) is 35.1 Å². The first kappa shape index (κ1) is 18.2. The molecule has 1 aromatic carbocycles. The zero-order chi connectivity index (χ0) is 18.4. The number of carbonyl (C=O) groups is 1. The molecule has 1 spiro atoms. The number of benzene rings is 1. The van der Waals surface area contributed by atoms with E-state index in [-0.39, 0.29) is 5.82 Å². The SMILES string of the molecule is CC(C)(C)[S@@+]([O-])/N=C1\c2cccc(F)c2CC12CCN(C(=O)O)CC2. The molecule has 1 atom stereocenters. The van der Waals surface area contributed by atoms with Crippen LogP contribution in [0.25, 0.3) is 0 Å². The van der Waals surface area contributed by atoms with Gasteiger partial charge < -0.3 is 14.6 Å². The van der Waals surface area contributed by atoms with E-state index in [9.17, 15) is 18.8 Å². The third-order valence-corrected chi connectivity index (χ3v) is 6.48. The highest BCUT2D eigenvalue weighted by Crippen LogP contribution is 2.46. The van der Waals surface area contributed by atoms with Crippen molar-refractivity contribution in [1.82, 2.24) is 4.90 Å². The number of rotatable bonds is 1. The lowest BCUT2D eigenvalue weighted by Gasteiger charge is -2.38. The van der Waals surface area contributed by atoms with E-state index in [1.807, 2.05) is 26.8 Å². The van der Waals surface area contributed by atoms with E-state index in [1.165, 1.54) is 11.0 Å². The molecule has 0 aromatic heterocycles. The summed E-state index contributed by atoms with van der Waals surface area (Å²) in [5.41, 5.74) is 1.58. The molecule has 1 aliphatic heterocycles. The van der Waals surface area contributed by atoms with Crippen LogP contribution >= 0.6 is 0 Å². The maximum atomic E-state index is 14.3. The molecular formula is C18H23FN2O3S. The van der Waals surface area contributed by atoms with Crippen molar-refractivity contribution in [2.75, 3.05) is 13.1 Å². The summed E-state index contributed by atoms with van der Waals surface area (Å²) in [5.74, 6) is -0.274. The Hall–Kier alpha value is -1.60. The van der Waals surface area contributed by atoms with Crippen LogP contribution in [0.2, 0.25) is 0 Å². The van der Waals surface area contributed by atoms with E-state index < -0.39 is 27.6 Å². The van der Waals surface area contributed by atoms with Crippen LogP contribution in [0.3, 0.4) is 0 Å². The van der Waals surface area contributed by atoms with Gasteiger partial charge in [-0.1, -0.05) is 16.5 Å². The minimum Gasteiger partial charge on any atom is -0.591 e. The van der Waals surface area contributed by atoms with E-state index in [4.69, 9.17) is 0 Å². The molecule has 2 aliphatic rings. The number of piperidine rings is 1. The summed E-state index contributed by atoms with van der Waals surface area (Å²) in [6.45, 7) is 6.33. The van der Waals surface area contributed by atoms with Gasteiger partial charge in [0.15, 0.2) is 0 Å². The van der Waals surface area contributed by atoms with Gasteiger partial charge in [0.25, 0.3) is 0 Å². The maximum Gasteiger partial charge on any atom is 0.407 e. The summed E-state index contributed by atoms with van der Waals surface area (Å²) >= 11 is -1.45. The summed E-state index contributed by atoms with van der Waals surface area (Å²) in [6.07, 6.45) is 0.678. The number of carboxylic acid groups (broad SMARTS) is 1. The molecule has 0 radical (unpaired) electrons. The van der Waals surface area contributed by atoms with Crippen molar-refractivity contribution >= 4 is 23.2 Å². The highest BCUT2D eigenvalue weighted by molar-refractivity contribution is 7.91. The Morgan fingerprint density at radius 3 is 2.56 bits per heavy atom. The van der Waals surface area contributed by atoms with Gasteiger partial charge in [0, 0.05) is 24.1 Å². The normalized spacial score (nSPS) is 22.3. The lowest BCUT2D eigenvalue weighted by Crippen LogP contribution is -2.45. The van der Waals surface area contributed by atoms with Gasteiger partial charge in [0.2, 0.25) is 0 Å². The number of amides is 1. The van der Waals surface area contributed by atoms with E-state index in [1.54, 1.807) is 6.07 Å². The van der Waals surface area contributed by atoms with Crippen LogP contribution in [-0.4, -0.2) is 44.2 Å². The molecule has 1 amide bonds. The molecule has 5 nitrogen and oxygen atoms in total. The Morgan fingerprint density at radius 1 is 1.36 bits per heavy atom. The quantitative estimate of drug-likeness (QED) is 0.774. The second-order valence-corrected chi connectivity index (χ2v) is 9.70. The van der Waals surface area contributed by atoms with Gasteiger partial charge in [-0.3, -0.25) is 0 Å². The van der Waals surface area contributed by atoms with Crippen LogP contribution in [-0.2, 0) is 17.8 Å². The summed E-state index contributed by atoms with van der Waals surface area (Å²) in [5, 5.41) is 9.19. The minimum atomic E-state index is -1.45. The first-order valence-corrected chi connectivity index (χ1v) is 9.51. The molecule has 1 saturated heterocycles. The lowest BCUT2D eigenvalue weighted by molar-refractivity contribution is 0.114. The zero-order valence-electron chi connectivity index (χ0n) is 14.7. The standard InChI is InChI=1S/C18H23FN2O3S/c1-17(2,3)25(24)20-15-12-5-4-6-14(19)13(12)11-18(15)7-9-21(10-8-18)16(22)23/h4-6H,7-11H2,1-3H3,(H,22,23)/b20-15+/t25-/m1/s1. The summed E-state index contributed by atoms with van der Waals surface area (Å²) in [6, 6.07) is 4.91. The third-order valence-electron chi connectivity index (χ3n) is 5.08. The summed E-state index contributed by atoms with van der Waals surface area (Å²) in [7, 11) is 0. The van der Waals surface area contributed by atoms with E-state index in [0.717, 1.165) is 5.56 Å². The predicted octanol–water partition coefficient (Wildman–Crippen LogP) is 3.39. The number of likely N-dealkylation sites (tertiary alicyclic amines) is 1. The number of fused-ring (bicyclic) bond motifs is 1. The second-order valence-electron chi connectivity index (χ2n) is 7.79. The van der Waals surface area contributed by atoms with E-state index in [2.05, 4.69) is 4.40 Å². The van der Waals surface area contributed by atoms with E-state index >= 15 is 0 Å². The van der Waals surface area contributed by atoms with Gasteiger partial charge in [-0.25, -0.2) is 9.18 Å². The molecule has 0 bridgehead atoms. The van der Waals surface area contributed by atoms with Crippen molar-refractivity contribution in [3.8, 4) is 0 Å². The number of halogens is 1. The minimum absolute atomic E-state index is 0.274. The van der Waals surface area contributed by atoms with Crippen LogP contribution in [0.1, 0.15) is 44.7 Å². The van der Waals surface area contributed by atoms with Crippen LogP contribution in [0.4, 0.5) is 9.18 Å². The summed E-state index contributed by atoms with van der Waals surface area (Å²) in [4.78, 5) is 12.6. The Kier molecular flexibility index (Phi) is 4.58. The maximum absolute atomic E-state index is 14.3. The molecule has 0 unspecified atom stereocenters. The van der Waals surface area contributed by atoms with Crippen LogP contribution in [0, 0.1) is 11.2 Å². The predicted molar refractivity (Wildman–Crippen MR) is 95.8 cm³/mol. The average molecular weight is 366 g/mol. The molecule has 1 heterocycles. The van der Waals surface area contributed by atoms with E-state index in [0.29, 0.717) is 43.6 Å². The van der Waals surface area contributed by atoms with Gasteiger partial charge in [-0.05, 0) is 51.7 Å². The zero-order valence-corrected chi connectivity index (χ0v) is 15.5. The van der Waals surface area contributed by atoms with Gasteiger partial charge in [-0.15, -0.1) is 0 Å². The highest BCUT2D eigenvalue weighted by atomic mass is 32.2. The number of nitrogens with zero attached hydrogens (tertiary/aromatic N) is 2. The molecule has 25 heavy (non-hydrogen) atoms. The summed E-state index contributed by atoms with van der Waals surface area (Å²) < 4.78 is 31.0. The van der Waals surface area contributed by atoms with Gasteiger partial charge in [0.05, 0.1) is 0 Å². The molecule has 1 fully saturated rings. The first-order valence-electron chi connectivity index (χ1n) is 8.41. The Morgan fingerprint density at radius 2 is 2.00 bits per heavy atom. The van der Waals surface area contributed by atoms with Gasteiger partial charge in [0.1, 0.15) is 27.6 Å². The molecule has 3 rings (SSSR count). The lowest BCUT2D eigenvalue weighted by atomic mass is 9.74. The molecular weight excluding hydrogens is 343 g/mol. The topological polar surface area (TPSA) is 76.0 Å². The van der Waals surface area contributed by atoms with Crippen LogP contribution < -0.4 is 0 Å². The van der Waals surface area contributed by atoms with Gasteiger partial charge >= 0.3 is 6.09 Å². The van der Waals surface area contributed by atoms with Crippen molar-refractivity contribution in [3.63, 3.8) is 0 Å². The molecule has 1 N–H and O–H groups in total. The fourth-order valence-electron chi connectivity index (χ4n) is 3.57. The molecule has 1 aromatic rings. The largest absolute Gasteiger partial charge is 0.591 e. The molecule has 0 saturated carbocycles. The van der Waals surface area contributed by atoms with Crippen LogP contribution in [0.15, 0.2) is 22.6 Å². The smallest absolute Gasteiger partial charge is 0.407 e. The molecule has 7 heteroatoms. The highest BCUT2D eigenvalue weighted by Gasteiger charge is 2.48. The fourth-order valence-corrected chi connectivity index (χ4v) is 4.31. The monoisotopic (exact) mass is 366 g/mol. The van der Waals surface area contributed by atoms with Crippen molar-refractivity contribution < 1.29 is 18.8 Å². The fraction of sp³-hybridized carbons (Fsp3) is 0.556.